The number of ether oxygens (including phenoxy) is 1. The zero-order valence-corrected chi connectivity index (χ0v) is 16.9. The molecule has 0 fully saturated rings. The average Bonchev–Trinajstić information content (AvgIpc) is 3.06. The standard InChI is InChI=1S/C20H23N3O4S/c1-14-6-4-8-16(10-14)19-12-18(21-23(19)20(24)13-27-2)15-7-5-9-17(11-15)22-28(3,25)26/h4-11,19,22H,12-13H2,1-3H3/t19-/m1/s1. The van der Waals surface area contributed by atoms with Crippen LogP contribution in [0, 0.1) is 6.92 Å². The van der Waals surface area contributed by atoms with E-state index in [1.165, 1.54) is 12.1 Å². The van der Waals surface area contributed by atoms with Crippen LogP contribution in [0.5, 0.6) is 0 Å². The maximum absolute atomic E-state index is 12.5. The molecule has 1 amide bonds. The van der Waals surface area contributed by atoms with Gasteiger partial charge in [-0.1, -0.05) is 42.0 Å². The van der Waals surface area contributed by atoms with Crippen LogP contribution in [0.4, 0.5) is 5.69 Å². The number of anilines is 1. The number of hydrogen-bond acceptors (Lipinski definition) is 5. The SMILES string of the molecule is COCC(=O)N1N=C(c2cccc(NS(C)(=O)=O)c2)C[C@@H]1c1cccc(C)c1. The van der Waals surface area contributed by atoms with E-state index in [0.717, 1.165) is 22.9 Å². The zero-order valence-electron chi connectivity index (χ0n) is 16.0. The van der Waals surface area contributed by atoms with E-state index < -0.39 is 10.0 Å². The summed E-state index contributed by atoms with van der Waals surface area (Å²) < 4.78 is 30.5. The first-order valence-electron chi connectivity index (χ1n) is 8.80. The molecule has 0 saturated heterocycles. The number of rotatable bonds is 6. The van der Waals surface area contributed by atoms with E-state index in [1.54, 1.807) is 18.2 Å². The Balaban J connectivity index is 1.95. The van der Waals surface area contributed by atoms with Crippen molar-refractivity contribution >= 4 is 27.3 Å². The highest BCUT2D eigenvalue weighted by atomic mass is 32.2. The van der Waals surface area contributed by atoms with Gasteiger partial charge in [0.1, 0.15) is 6.61 Å². The monoisotopic (exact) mass is 401 g/mol. The largest absolute Gasteiger partial charge is 0.375 e. The molecule has 2 aromatic rings. The first kappa shape index (κ1) is 20.0. The molecule has 0 unspecified atom stereocenters. The Hall–Kier alpha value is -2.71. The topological polar surface area (TPSA) is 88.1 Å². The number of carbonyl (C=O) groups is 1. The van der Waals surface area contributed by atoms with E-state index in [9.17, 15) is 13.2 Å². The Bertz CT molecular complexity index is 1020. The predicted molar refractivity (Wildman–Crippen MR) is 109 cm³/mol. The molecule has 8 heteroatoms. The molecule has 1 N–H and O–H groups in total. The van der Waals surface area contributed by atoms with Crippen LogP contribution in [-0.2, 0) is 19.6 Å². The van der Waals surface area contributed by atoms with Crippen LogP contribution in [0.25, 0.3) is 0 Å². The molecule has 28 heavy (non-hydrogen) atoms. The van der Waals surface area contributed by atoms with Gasteiger partial charge in [0.05, 0.1) is 18.0 Å². The van der Waals surface area contributed by atoms with E-state index in [0.29, 0.717) is 17.8 Å². The number of nitrogens with zero attached hydrogens (tertiary/aromatic N) is 2. The summed E-state index contributed by atoms with van der Waals surface area (Å²) in [5.74, 6) is -0.227. The zero-order chi connectivity index (χ0) is 20.3. The second-order valence-corrected chi connectivity index (χ2v) is 8.56. The van der Waals surface area contributed by atoms with Gasteiger partial charge in [-0.05, 0) is 30.2 Å². The van der Waals surface area contributed by atoms with Gasteiger partial charge in [-0.3, -0.25) is 9.52 Å². The summed E-state index contributed by atoms with van der Waals surface area (Å²) in [6.07, 6.45) is 1.63. The predicted octanol–water partition coefficient (Wildman–Crippen LogP) is 2.69. The molecule has 0 spiro atoms. The van der Waals surface area contributed by atoms with Gasteiger partial charge in [0.2, 0.25) is 10.0 Å². The molecular formula is C20H23N3O4S. The first-order chi connectivity index (χ1) is 13.3. The second kappa shape index (κ2) is 8.12. The van der Waals surface area contributed by atoms with Crippen molar-refractivity contribution in [3.05, 3.63) is 65.2 Å². The van der Waals surface area contributed by atoms with Gasteiger partial charge in [0.25, 0.3) is 5.91 Å². The molecule has 0 aromatic heterocycles. The lowest BCUT2D eigenvalue weighted by Gasteiger charge is -2.22. The van der Waals surface area contributed by atoms with Crippen molar-refractivity contribution < 1.29 is 17.9 Å². The Morgan fingerprint density at radius 1 is 1.25 bits per heavy atom. The first-order valence-corrected chi connectivity index (χ1v) is 10.7. The quantitative estimate of drug-likeness (QED) is 0.806. The van der Waals surface area contributed by atoms with E-state index in [2.05, 4.69) is 9.82 Å². The highest BCUT2D eigenvalue weighted by Gasteiger charge is 2.33. The van der Waals surface area contributed by atoms with Crippen LogP contribution in [0.3, 0.4) is 0 Å². The third kappa shape index (κ3) is 4.76. The van der Waals surface area contributed by atoms with Gasteiger partial charge in [-0.2, -0.15) is 5.10 Å². The Morgan fingerprint density at radius 2 is 2.00 bits per heavy atom. The lowest BCUT2D eigenvalue weighted by Crippen LogP contribution is -2.30. The van der Waals surface area contributed by atoms with E-state index >= 15 is 0 Å². The molecule has 0 radical (unpaired) electrons. The summed E-state index contributed by atoms with van der Waals surface area (Å²) in [5, 5.41) is 6.01. The maximum atomic E-state index is 12.5. The van der Waals surface area contributed by atoms with Gasteiger partial charge < -0.3 is 4.74 Å². The molecular weight excluding hydrogens is 378 g/mol. The van der Waals surface area contributed by atoms with Crippen molar-refractivity contribution in [3.8, 4) is 0 Å². The molecule has 2 aromatic carbocycles. The van der Waals surface area contributed by atoms with Crippen LogP contribution in [0.15, 0.2) is 53.6 Å². The molecule has 0 saturated carbocycles. The van der Waals surface area contributed by atoms with Crippen LogP contribution >= 0.6 is 0 Å². The maximum Gasteiger partial charge on any atom is 0.269 e. The lowest BCUT2D eigenvalue weighted by molar-refractivity contribution is -0.137. The second-order valence-electron chi connectivity index (χ2n) is 6.81. The fraction of sp³-hybridized carbons (Fsp3) is 0.300. The molecule has 3 rings (SSSR count). The van der Waals surface area contributed by atoms with Gasteiger partial charge in [-0.15, -0.1) is 0 Å². The summed E-state index contributed by atoms with van der Waals surface area (Å²) in [4.78, 5) is 12.5. The van der Waals surface area contributed by atoms with E-state index in [4.69, 9.17) is 4.74 Å². The molecule has 0 aliphatic carbocycles. The Morgan fingerprint density at radius 3 is 2.68 bits per heavy atom. The Kier molecular flexibility index (Phi) is 5.81. The molecule has 7 nitrogen and oxygen atoms in total. The number of aryl methyl sites for hydroxylation is 1. The van der Waals surface area contributed by atoms with Crippen LogP contribution in [-0.4, -0.2) is 45.0 Å². The summed E-state index contributed by atoms with van der Waals surface area (Å²) in [5.41, 5.74) is 4.03. The summed E-state index contributed by atoms with van der Waals surface area (Å²) in [6.45, 7) is 1.94. The minimum atomic E-state index is -3.38. The number of hydrazone groups is 1. The number of amides is 1. The molecule has 1 aliphatic rings. The van der Waals surface area contributed by atoms with Gasteiger partial charge >= 0.3 is 0 Å². The van der Waals surface area contributed by atoms with Crippen LogP contribution < -0.4 is 4.72 Å². The fourth-order valence-electron chi connectivity index (χ4n) is 3.22. The summed E-state index contributed by atoms with van der Waals surface area (Å²) >= 11 is 0. The molecule has 1 aliphatic heterocycles. The minimum Gasteiger partial charge on any atom is -0.375 e. The van der Waals surface area contributed by atoms with Crippen LogP contribution in [0.2, 0.25) is 0 Å². The van der Waals surface area contributed by atoms with Crippen molar-refractivity contribution in [3.63, 3.8) is 0 Å². The molecule has 1 atom stereocenters. The van der Waals surface area contributed by atoms with E-state index in [-0.39, 0.29) is 18.6 Å². The van der Waals surface area contributed by atoms with Crippen molar-refractivity contribution in [2.75, 3.05) is 24.7 Å². The van der Waals surface area contributed by atoms with Crippen molar-refractivity contribution in [1.82, 2.24) is 5.01 Å². The Labute approximate surface area is 165 Å². The molecule has 148 valence electrons. The average molecular weight is 401 g/mol. The van der Waals surface area contributed by atoms with E-state index in [1.807, 2.05) is 37.3 Å². The third-order valence-electron chi connectivity index (χ3n) is 4.36. The molecule has 0 bridgehead atoms. The number of benzene rings is 2. The fourth-order valence-corrected chi connectivity index (χ4v) is 3.77. The van der Waals surface area contributed by atoms with Crippen molar-refractivity contribution in [2.45, 2.75) is 19.4 Å². The number of nitrogens with one attached hydrogen (secondary N) is 1. The smallest absolute Gasteiger partial charge is 0.269 e. The highest BCUT2D eigenvalue weighted by Crippen LogP contribution is 2.33. The number of carbonyl (C=O) groups excluding carboxylic acids is 1. The third-order valence-corrected chi connectivity index (χ3v) is 4.97. The normalized spacial score (nSPS) is 16.8. The summed E-state index contributed by atoms with van der Waals surface area (Å²) in [7, 11) is -1.91. The van der Waals surface area contributed by atoms with Gasteiger partial charge in [0, 0.05) is 19.2 Å². The minimum absolute atomic E-state index is 0.0607. The summed E-state index contributed by atoms with van der Waals surface area (Å²) in [6, 6.07) is 14.7. The number of methoxy groups -OCH3 is 1. The van der Waals surface area contributed by atoms with Gasteiger partial charge in [0.15, 0.2) is 0 Å². The van der Waals surface area contributed by atoms with Gasteiger partial charge in [-0.25, -0.2) is 13.4 Å². The van der Waals surface area contributed by atoms with Crippen LogP contribution in [0.1, 0.15) is 29.2 Å². The van der Waals surface area contributed by atoms with Crippen molar-refractivity contribution in [1.29, 1.82) is 0 Å². The highest BCUT2D eigenvalue weighted by molar-refractivity contribution is 7.92. The molecule has 1 heterocycles. The number of hydrogen-bond donors (Lipinski definition) is 1. The number of sulfonamides is 1. The van der Waals surface area contributed by atoms with Crippen molar-refractivity contribution in [2.24, 2.45) is 5.10 Å². The lowest BCUT2D eigenvalue weighted by atomic mass is 9.97.